The minimum Gasteiger partial charge on any atom is -0.320 e. The summed E-state index contributed by atoms with van der Waals surface area (Å²) in [6.07, 6.45) is 0. The zero-order chi connectivity index (χ0) is 36.0. The van der Waals surface area contributed by atoms with E-state index in [0.29, 0.717) is 16.9 Å². The Kier molecular flexibility index (Phi) is 6.35. The highest BCUT2D eigenvalue weighted by Crippen LogP contribution is 2.51. The van der Waals surface area contributed by atoms with Crippen LogP contribution in [-0.4, -0.2) is 9.13 Å². The maximum atomic E-state index is 10.9. The van der Waals surface area contributed by atoms with Gasteiger partial charge in [-0.25, -0.2) is 4.85 Å². The summed E-state index contributed by atoms with van der Waals surface area (Å²) in [4.78, 5) is 7.73. The predicted molar refractivity (Wildman–Crippen MR) is 215 cm³/mol. The molecule has 1 aliphatic carbocycles. The predicted octanol–water partition coefficient (Wildman–Crippen LogP) is 12.8. The Morgan fingerprint density at radius 2 is 1.17 bits per heavy atom. The smallest absolute Gasteiger partial charge is 0.218 e. The monoisotopic (exact) mass is 675 g/mol. The van der Waals surface area contributed by atoms with E-state index in [0.717, 1.165) is 60.4 Å². The van der Waals surface area contributed by atoms with E-state index in [9.17, 15) is 5.26 Å². The van der Waals surface area contributed by atoms with Crippen LogP contribution >= 0.6 is 0 Å². The van der Waals surface area contributed by atoms with E-state index < -0.39 is 0 Å². The molecule has 0 spiro atoms. The van der Waals surface area contributed by atoms with Gasteiger partial charge in [0.05, 0.1) is 46.5 Å². The molecule has 0 unspecified atom stereocenters. The van der Waals surface area contributed by atoms with Crippen LogP contribution in [0, 0.1) is 24.5 Å². The van der Waals surface area contributed by atoms with E-state index in [-0.39, 0.29) is 11.1 Å². The van der Waals surface area contributed by atoms with Gasteiger partial charge >= 0.3 is 0 Å². The van der Waals surface area contributed by atoms with Gasteiger partial charge < -0.3 is 9.13 Å². The highest BCUT2D eigenvalue weighted by Gasteiger charge is 2.36. The molecule has 0 atom stereocenters. The van der Waals surface area contributed by atoms with E-state index in [1.807, 2.05) is 54.6 Å². The summed E-state index contributed by atoms with van der Waals surface area (Å²) in [6, 6.07) is 50.3. The van der Waals surface area contributed by atoms with Crippen molar-refractivity contribution in [2.24, 2.45) is 0 Å². The number of rotatable bonds is 3. The molecule has 7 aromatic carbocycles. The third-order valence-electron chi connectivity index (χ3n) is 11.2. The van der Waals surface area contributed by atoms with Gasteiger partial charge in [0.2, 0.25) is 5.69 Å². The van der Waals surface area contributed by atoms with E-state index in [1.54, 1.807) is 6.07 Å². The molecule has 53 heavy (non-hydrogen) atoms. The van der Waals surface area contributed by atoms with Crippen molar-refractivity contribution < 1.29 is 0 Å². The van der Waals surface area contributed by atoms with Crippen LogP contribution in [0.2, 0.25) is 0 Å². The molecule has 246 valence electrons. The number of nitrogens with zero attached hydrogens (tertiary/aromatic N) is 5. The van der Waals surface area contributed by atoms with Crippen LogP contribution in [0.5, 0.6) is 0 Å². The molecule has 0 saturated heterocycles. The van der Waals surface area contributed by atoms with Crippen LogP contribution < -0.4 is 0 Å². The number of benzene rings is 7. The second kappa shape index (κ2) is 11.1. The number of hydrogen-bond donors (Lipinski definition) is 0. The summed E-state index contributed by atoms with van der Waals surface area (Å²) in [5.74, 6) is 0. The van der Waals surface area contributed by atoms with Crippen molar-refractivity contribution in [3.05, 3.63) is 179 Å². The van der Waals surface area contributed by atoms with Crippen molar-refractivity contribution in [1.29, 1.82) is 5.26 Å². The molecule has 0 N–H and O–H groups in total. The quantitative estimate of drug-likeness (QED) is 0.172. The molecule has 5 heteroatoms. The van der Waals surface area contributed by atoms with E-state index >= 15 is 0 Å². The van der Waals surface area contributed by atoms with E-state index in [4.69, 9.17) is 13.1 Å². The van der Waals surface area contributed by atoms with Crippen molar-refractivity contribution in [3.8, 4) is 39.7 Å². The standard InChI is InChI=1S/C48H29N5/c1-48(2)38-17-9-5-13-32(38)36-26-37-35-16-8-10-18-42(35)52(45(37)27-39(36)48)41-24-21-29(25-30(41)28-49)31-22-23-40(50-3)46(51-4)47(31)53-43-19-11-6-14-33(43)34-15-7-12-20-44(34)53/h5-27H,1-2H3. The normalized spacial score (nSPS) is 12.8. The average molecular weight is 676 g/mol. The molecule has 10 rings (SSSR count). The first kappa shape index (κ1) is 30.4. The van der Waals surface area contributed by atoms with Crippen LogP contribution in [0.4, 0.5) is 11.4 Å². The zero-order valence-corrected chi connectivity index (χ0v) is 29.0. The molecule has 0 saturated carbocycles. The van der Waals surface area contributed by atoms with Gasteiger partial charge in [-0.3, -0.25) is 4.85 Å². The van der Waals surface area contributed by atoms with Crippen LogP contribution in [0.1, 0.15) is 30.5 Å². The highest BCUT2D eigenvalue weighted by molar-refractivity contribution is 6.13. The maximum Gasteiger partial charge on any atom is 0.218 e. The lowest BCUT2D eigenvalue weighted by molar-refractivity contribution is 0.661. The summed E-state index contributed by atoms with van der Waals surface area (Å²) in [5, 5.41) is 15.3. The lowest BCUT2D eigenvalue weighted by Crippen LogP contribution is -2.15. The Balaban J connectivity index is 1.24. The third-order valence-corrected chi connectivity index (χ3v) is 11.2. The second-order valence-corrected chi connectivity index (χ2v) is 14.2. The Bertz CT molecular complexity index is 3130. The second-order valence-electron chi connectivity index (χ2n) is 14.2. The fourth-order valence-electron chi connectivity index (χ4n) is 8.80. The molecule has 0 radical (unpaired) electrons. The fraction of sp³-hybridized carbons (Fsp3) is 0.0625. The molecule has 0 bridgehead atoms. The van der Waals surface area contributed by atoms with Crippen molar-refractivity contribution in [2.45, 2.75) is 19.3 Å². The minimum atomic E-state index is -0.176. The molecule has 2 aromatic heterocycles. The Hall–Kier alpha value is -7.39. The lowest BCUT2D eigenvalue weighted by Gasteiger charge is -2.22. The summed E-state index contributed by atoms with van der Waals surface area (Å²) in [7, 11) is 0. The molecule has 1 aliphatic rings. The largest absolute Gasteiger partial charge is 0.320 e. The minimum absolute atomic E-state index is 0.176. The van der Waals surface area contributed by atoms with Gasteiger partial charge in [0, 0.05) is 32.6 Å². The van der Waals surface area contributed by atoms with Gasteiger partial charge in [-0.05, 0) is 75.8 Å². The lowest BCUT2D eigenvalue weighted by atomic mass is 9.82. The molecule has 0 aliphatic heterocycles. The van der Waals surface area contributed by atoms with E-state index in [1.165, 1.54) is 22.3 Å². The van der Waals surface area contributed by atoms with Crippen LogP contribution in [-0.2, 0) is 5.41 Å². The molecule has 9 aromatic rings. The molecule has 2 heterocycles. The first-order valence-corrected chi connectivity index (χ1v) is 17.6. The zero-order valence-electron chi connectivity index (χ0n) is 29.0. The van der Waals surface area contributed by atoms with Gasteiger partial charge in [-0.1, -0.05) is 111 Å². The first-order chi connectivity index (χ1) is 25.9. The van der Waals surface area contributed by atoms with Crippen LogP contribution in [0.25, 0.3) is 86.9 Å². The van der Waals surface area contributed by atoms with Crippen LogP contribution in [0.3, 0.4) is 0 Å². The Morgan fingerprint density at radius 1 is 0.547 bits per heavy atom. The number of fused-ring (bicyclic) bond motifs is 9. The first-order valence-electron chi connectivity index (χ1n) is 17.6. The van der Waals surface area contributed by atoms with Crippen molar-refractivity contribution >= 4 is 55.0 Å². The van der Waals surface area contributed by atoms with Gasteiger partial charge in [0.15, 0.2) is 5.69 Å². The third kappa shape index (κ3) is 4.10. The van der Waals surface area contributed by atoms with Gasteiger partial charge in [0.25, 0.3) is 0 Å². The molecule has 0 amide bonds. The van der Waals surface area contributed by atoms with Crippen molar-refractivity contribution in [3.63, 3.8) is 0 Å². The van der Waals surface area contributed by atoms with E-state index in [2.05, 4.69) is 118 Å². The molecule has 5 nitrogen and oxygen atoms in total. The maximum absolute atomic E-state index is 10.9. The summed E-state index contributed by atoms with van der Waals surface area (Å²) >= 11 is 0. The highest BCUT2D eigenvalue weighted by atomic mass is 15.0. The summed E-state index contributed by atoms with van der Waals surface area (Å²) in [6.45, 7) is 20.8. The number of hydrogen-bond acceptors (Lipinski definition) is 1. The van der Waals surface area contributed by atoms with Gasteiger partial charge in [-0.2, -0.15) is 5.26 Å². The Morgan fingerprint density at radius 3 is 1.83 bits per heavy atom. The molecular weight excluding hydrogens is 647 g/mol. The average Bonchev–Trinajstić information content (AvgIpc) is 3.79. The SMILES string of the molecule is [C-]#[N+]c1ccc(-c2ccc(-n3c4ccccc4c4cc5c(cc43)C(C)(C)c3ccccc3-5)c(C#N)c2)c(-n2c3ccccc3c3ccccc32)c1[N+]#[C-]. The van der Waals surface area contributed by atoms with Crippen molar-refractivity contribution in [2.75, 3.05) is 0 Å². The molecule has 0 fully saturated rings. The summed E-state index contributed by atoms with van der Waals surface area (Å²) in [5.41, 5.74) is 13.0. The van der Waals surface area contributed by atoms with Gasteiger partial charge in [-0.15, -0.1) is 0 Å². The fourth-order valence-corrected chi connectivity index (χ4v) is 8.80. The number of para-hydroxylation sites is 3. The molecular formula is C48H29N5. The number of nitriles is 1. The summed E-state index contributed by atoms with van der Waals surface area (Å²) < 4.78 is 4.34. The Labute approximate surface area is 306 Å². The number of aromatic nitrogens is 2. The van der Waals surface area contributed by atoms with Crippen LogP contribution in [0.15, 0.2) is 140 Å². The van der Waals surface area contributed by atoms with Crippen molar-refractivity contribution in [1.82, 2.24) is 9.13 Å². The topological polar surface area (TPSA) is 42.4 Å². The van der Waals surface area contributed by atoms with Gasteiger partial charge in [0.1, 0.15) is 6.07 Å².